The van der Waals surface area contributed by atoms with Crippen LogP contribution in [0.15, 0.2) is 41.4 Å². The minimum Gasteiger partial charge on any atom is -0.345 e. The molecule has 2 heterocycles. The molecule has 0 saturated carbocycles. The molecule has 6 nitrogen and oxygen atoms in total. The second-order valence-electron chi connectivity index (χ2n) is 6.75. The van der Waals surface area contributed by atoms with E-state index in [4.69, 9.17) is 11.6 Å². The molecule has 1 aliphatic heterocycles. The fourth-order valence-corrected chi connectivity index (χ4v) is 5.04. The van der Waals surface area contributed by atoms with Gasteiger partial charge in [0, 0.05) is 37.0 Å². The molecule has 1 aromatic heterocycles. The van der Waals surface area contributed by atoms with Crippen molar-refractivity contribution < 1.29 is 13.2 Å². The molecule has 0 bridgehead atoms. The summed E-state index contributed by atoms with van der Waals surface area (Å²) in [6.45, 7) is 3.09. The molecule has 3 rings (SSSR count). The molecule has 1 N–H and O–H groups in total. The number of hydrogen-bond donors (Lipinski definition) is 1. The van der Waals surface area contributed by atoms with Crippen LogP contribution in [0, 0.1) is 5.92 Å². The highest BCUT2D eigenvalue weighted by molar-refractivity contribution is 7.89. The van der Waals surface area contributed by atoms with Crippen molar-refractivity contribution in [3.8, 4) is 0 Å². The lowest BCUT2D eigenvalue weighted by atomic mass is 10.0. The number of rotatable bonds is 4. The number of sulfonamides is 1. The second-order valence-corrected chi connectivity index (χ2v) is 9.12. The Hall–Kier alpha value is -1.83. The number of aromatic nitrogens is 1. The summed E-state index contributed by atoms with van der Waals surface area (Å²) in [5.74, 6) is -0.0453. The first kappa shape index (κ1) is 18.9. The van der Waals surface area contributed by atoms with E-state index >= 15 is 0 Å². The van der Waals surface area contributed by atoms with Gasteiger partial charge in [-0.2, -0.15) is 4.31 Å². The van der Waals surface area contributed by atoms with Gasteiger partial charge < -0.3 is 9.88 Å². The van der Waals surface area contributed by atoms with E-state index in [0.717, 1.165) is 12.8 Å². The van der Waals surface area contributed by atoms with Crippen LogP contribution in [0.3, 0.4) is 0 Å². The van der Waals surface area contributed by atoms with Gasteiger partial charge in [0.15, 0.2) is 0 Å². The van der Waals surface area contributed by atoms with Crippen molar-refractivity contribution in [2.75, 3.05) is 18.4 Å². The van der Waals surface area contributed by atoms with E-state index in [0.29, 0.717) is 29.7 Å². The number of carbonyl (C=O) groups excluding carboxylic acids is 1. The summed E-state index contributed by atoms with van der Waals surface area (Å²) in [7, 11) is -1.94. The topological polar surface area (TPSA) is 71.4 Å². The van der Waals surface area contributed by atoms with Crippen LogP contribution in [0.1, 0.15) is 30.3 Å². The molecular formula is C18H22ClN3O3S. The molecule has 0 radical (unpaired) electrons. The van der Waals surface area contributed by atoms with Crippen molar-refractivity contribution in [2.24, 2.45) is 13.0 Å². The standard InChI is InChI=1S/C18H22ClN3O3S/c1-13-5-4-8-22(11-13)26(24,25)16-10-17(21(2)12-16)18(23)20-15-7-3-6-14(19)9-15/h3,6-7,9-10,12-13H,4-5,8,11H2,1-2H3,(H,20,23)/t13-/m0/s1. The normalized spacial score (nSPS) is 18.7. The number of hydrogen-bond acceptors (Lipinski definition) is 3. The first-order chi connectivity index (χ1) is 12.3. The van der Waals surface area contributed by atoms with Crippen LogP contribution in [0.2, 0.25) is 5.02 Å². The highest BCUT2D eigenvalue weighted by Gasteiger charge is 2.30. The predicted octanol–water partition coefficient (Wildman–Crippen LogP) is 3.35. The van der Waals surface area contributed by atoms with Crippen molar-refractivity contribution in [1.82, 2.24) is 8.87 Å². The van der Waals surface area contributed by atoms with Crippen LogP contribution < -0.4 is 5.32 Å². The Balaban J connectivity index is 1.83. The Kier molecular flexibility index (Phi) is 5.41. The summed E-state index contributed by atoms with van der Waals surface area (Å²) in [4.78, 5) is 12.7. The molecule has 0 aliphatic carbocycles. The number of anilines is 1. The first-order valence-electron chi connectivity index (χ1n) is 8.51. The van der Waals surface area contributed by atoms with E-state index in [1.165, 1.54) is 21.1 Å². The minimum atomic E-state index is -3.60. The molecule has 0 spiro atoms. The molecule has 1 aliphatic rings. The molecule has 8 heteroatoms. The zero-order chi connectivity index (χ0) is 18.9. The predicted molar refractivity (Wildman–Crippen MR) is 102 cm³/mol. The highest BCUT2D eigenvalue weighted by atomic mass is 35.5. The van der Waals surface area contributed by atoms with Gasteiger partial charge in [0.25, 0.3) is 5.91 Å². The van der Waals surface area contributed by atoms with E-state index in [9.17, 15) is 13.2 Å². The molecule has 0 unspecified atom stereocenters. The van der Waals surface area contributed by atoms with Gasteiger partial charge in [0.05, 0.1) is 0 Å². The van der Waals surface area contributed by atoms with Crippen LogP contribution in [0.25, 0.3) is 0 Å². The third-order valence-corrected chi connectivity index (χ3v) is 6.62. The number of benzene rings is 1. The summed E-state index contributed by atoms with van der Waals surface area (Å²) in [6.07, 6.45) is 3.38. The second kappa shape index (κ2) is 7.42. The molecule has 140 valence electrons. The van der Waals surface area contributed by atoms with Crippen LogP contribution >= 0.6 is 11.6 Å². The maximum Gasteiger partial charge on any atom is 0.272 e. The Morgan fingerprint density at radius 1 is 1.31 bits per heavy atom. The van der Waals surface area contributed by atoms with E-state index in [1.807, 2.05) is 0 Å². The third-order valence-electron chi connectivity index (χ3n) is 4.55. The van der Waals surface area contributed by atoms with Crippen LogP contribution in [0.4, 0.5) is 5.69 Å². The molecule has 26 heavy (non-hydrogen) atoms. The summed E-state index contributed by atoms with van der Waals surface area (Å²) in [5, 5.41) is 3.25. The van der Waals surface area contributed by atoms with Crippen molar-refractivity contribution in [1.29, 1.82) is 0 Å². The van der Waals surface area contributed by atoms with Gasteiger partial charge in [-0.05, 0) is 43.0 Å². The van der Waals surface area contributed by atoms with Gasteiger partial charge in [-0.1, -0.05) is 24.6 Å². The van der Waals surface area contributed by atoms with Gasteiger partial charge in [0.2, 0.25) is 10.0 Å². The first-order valence-corrected chi connectivity index (χ1v) is 10.3. The van der Waals surface area contributed by atoms with Gasteiger partial charge in [-0.15, -0.1) is 0 Å². The Bertz CT molecular complexity index is 924. The minimum absolute atomic E-state index is 0.144. The lowest BCUT2D eigenvalue weighted by Gasteiger charge is -2.29. The van der Waals surface area contributed by atoms with E-state index in [-0.39, 0.29) is 16.5 Å². The SMILES string of the molecule is C[C@H]1CCCN(S(=O)(=O)c2cc(C(=O)Nc3cccc(Cl)c3)n(C)c2)C1. The molecule has 1 atom stereocenters. The molecule has 1 fully saturated rings. The summed E-state index contributed by atoms with van der Waals surface area (Å²) < 4.78 is 28.8. The van der Waals surface area contributed by atoms with Gasteiger partial charge >= 0.3 is 0 Å². The lowest BCUT2D eigenvalue weighted by Crippen LogP contribution is -2.38. The monoisotopic (exact) mass is 395 g/mol. The maximum absolute atomic E-state index is 12.9. The van der Waals surface area contributed by atoms with Crippen molar-refractivity contribution in [2.45, 2.75) is 24.7 Å². The molecule has 1 saturated heterocycles. The van der Waals surface area contributed by atoms with Crippen LogP contribution in [-0.2, 0) is 17.1 Å². The third kappa shape index (κ3) is 3.95. The van der Waals surface area contributed by atoms with Gasteiger partial charge in [-0.25, -0.2) is 8.42 Å². The Morgan fingerprint density at radius 3 is 2.77 bits per heavy atom. The number of carbonyl (C=O) groups is 1. The number of halogens is 1. The summed E-state index contributed by atoms with van der Waals surface area (Å²) in [5.41, 5.74) is 0.826. The quantitative estimate of drug-likeness (QED) is 0.862. The number of piperidine rings is 1. The lowest BCUT2D eigenvalue weighted by molar-refractivity contribution is 0.101. The number of nitrogens with one attached hydrogen (secondary N) is 1. The maximum atomic E-state index is 12.9. The Labute approximate surface area is 158 Å². The van der Waals surface area contributed by atoms with Crippen LogP contribution in [0.5, 0.6) is 0 Å². The summed E-state index contributed by atoms with van der Waals surface area (Å²) >= 11 is 5.93. The molecule has 1 amide bonds. The number of nitrogens with zero attached hydrogens (tertiary/aromatic N) is 2. The Morgan fingerprint density at radius 2 is 2.08 bits per heavy atom. The zero-order valence-corrected chi connectivity index (χ0v) is 16.3. The van der Waals surface area contributed by atoms with Crippen molar-refractivity contribution >= 4 is 33.2 Å². The largest absolute Gasteiger partial charge is 0.345 e. The van der Waals surface area contributed by atoms with Gasteiger partial charge in [-0.3, -0.25) is 4.79 Å². The van der Waals surface area contributed by atoms with E-state index < -0.39 is 10.0 Å². The van der Waals surface area contributed by atoms with Crippen LogP contribution in [-0.4, -0.2) is 36.3 Å². The molecular weight excluding hydrogens is 374 g/mol. The van der Waals surface area contributed by atoms with Crippen molar-refractivity contribution in [3.05, 3.63) is 47.2 Å². The fraction of sp³-hybridized carbons (Fsp3) is 0.389. The summed E-state index contributed by atoms with van der Waals surface area (Å²) in [6, 6.07) is 8.23. The molecule has 2 aromatic rings. The van der Waals surface area contributed by atoms with Crippen molar-refractivity contribution in [3.63, 3.8) is 0 Å². The highest BCUT2D eigenvalue weighted by Crippen LogP contribution is 2.25. The number of amides is 1. The van der Waals surface area contributed by atoms with Gasteiger partial charge in [0.1, 0.15) is 10.6 Å². The van der Waals surface area contributed by atoms with E-state index in [2.05, 4.69) is 12.2 Å². The fourth-order valence-electron chi connectivity index (χ4n) is 3.18. The average molecular weight is 396 g/mol. The number of aryl methyl sites for hydroxylation is 1. The zero-order valence-electron chi connectivity index (χ0n) is 14.8. The molecule has 1 aromatic carbocycles. The average Bonchev–Trinajstić information content (AvgIpc) is 2.97. The smallest absolute Gasteiger partial charge is 0.272 e. The van der Waals surface area contributed by atoms with E-state index in [1.54, 1.807) is 31.3 Å².